The molecule has 21 heteroatoms. The van der Waals surface area contributed by atoms with Crippen molar-refractivity contribution in [2.24, 2.45) is 0 Å². The van der Waals surface area contributed by atoms with Crippen LogP contribution in [0.25, 0.3) is 33.4 Å². The van der Waals surface area contributed by atoms with Gasteiger partial charge in [0.1, 0.15) is 65.0 Å². The number of hydrogen-bond acceptors (Lipinski definition) is 6. The number of nitriles is 6. The predicted octanol–water partition coefficient (Wildman–Crippen LogP) is 10.7. The lowest BCUT2D eigenvalue weighted by Crippen LogP contribution is -2.16. The Morgan fingerprint density at radius 1 is 0.404 bits per heavy atom. The maximum absolute atomic E-state index is 17.2. The molecule has 3 aromatic carbocycles. The Morgan fingerprint density at radius 2 is 0.667 bits per heavy atom. The Hall–Kier alpha value is -7.49. The van der Waals surface area contributed by atoms with Gasteiger partial charge in [-0.3, -0.25) is 0 Å². The van der Waals surface area contributed by atoms with Gasteiger partial charge in [-0.25, -0.2) is 13.2 Å². The van der Waals surface area contributed by atoms with E-state index in [0.29, 0.717) is 6.07 Å². The number of halogens is 15. The molecular formula is C36H5F15N6. The van der Waals surface area contributed by atoms with Gasteiger partial charge in [-0.05, 0) is 41.5 Å². The molecule has 284 valence electrons. The number of alkyl halides is 12. The van der Waals surface area contributed by atoms with Gasteiger partial charge in [-0.1, -0.05) is 0 Å². The van der Waals surface area contributed by atoms with Crippen LogP contribution in [0.2, 0.25) is 0 Å². The van der Waals surface area contributed by atoms with Crippen molar-refractivity contribution < 1.29 is 65.9 Å². The van der Waals surface area contributed by atoms with Crippen LogP contribution in [0, 0.1) is 85.4 Å². The van der Waals surface area contributed by atoms with Crippen molar-refractivity contribution >= 4 is 33.4 Å². The number of rotatable bonds is 2. The van der Waals surface area contributed by atoms with Crippen molar-refractivity contribution in [2.75, 3.05) is 0 Å². The van der Waals surface area contributed by atoms with Gasteiger partial charge in [0.05, 0.1) is 33.4 Å². The highest BCUT2D eigenvalue weighted by atomic mass is 19.4. The molecule has 0 radical (unpaired) electrons. The average Bonchev–Trinajstić information content (AvgIpc) is 3.61. The first-order chi connectivity index (χ1) is 26.3. The largest absolute Gasteiger partial charge is 0.419 e. The first kappa shape index (κ1) is 40.7. The Labute approximate surface area is 306 Å². The van der Waals surface area contributed by atoms with Crippen molar-refractivity contribution in [3.8, 4) is 36.4 Å². The number of hydrogen-bond donors (Lipinski definition) is 0. The van der Waals surface area contributed by atoms with Crippen LogP contribution in [0.5, 0.6) is 0 Å². The molecule has 2 aliphatic carbocycles. The monoisotopic (exact) mass is 806 g/mol. The molecule has 2 aliphatic rings. The molecule has 0 N–H and O–H groups in total. The van der Waals surface area contributed by atoms with Crippen molar-refractivity contribution in [3.05, 3.63) is 115 Å². The van der Waals surface area contributed by atoms with Crippen LogP contribution in [0.3, 0.4) is 0 Å². The third-order valence-corrected chi connectivity index (χ3v) is 8.42. The van der Waals surface area contributed by atoms with Crippen LogP contribution < -0.4 is 0 Å². The van der Waals surface area contributed by atoms with E-state index in [1.54, 1.807) is 0 Å². The molecule has 0 atom stereocenters. The molecule has 5 rings (SSSR count). The van der Waals surface area contributed by atoms with Gasteiger partial charge >= 0.3 is 24.7 Å². The van der Waals surface area contributed by atoms with E-state index in [-0.39, 0.29) is 24.3 Å². The highest BCUT2D eigenvalue weighted by Gasteiger charge is 2.47. The number of benzene rings is 3. The smallest absolute Gasteiger partial charge is 0.206 e. The van der Waals surface area contributed by atoms with Crippen molar-refractivity contribution in [1.29, 1.82) is 31.6 Å². The fourth-order valence-corrected chi connectivity index (χ4v) is 6.25. The van der Waals surface area contributed by atoms with Gasteiger partial charge in [-0.2, -0.15) is 84.3 Å². The van der Waals surface area contributed by atoms with Crippen LogP contribution in [-0.2, 0) is 24.7 Å². The fraction of sp³-hybridized carbons (Fsp3) is 0.111. The lowest BCUT2D eigenvalue weighted by Gasteiger charge is -2.18. The molecule has 0 spiro atoms. The summed E-state index contributed by atoms with van der Waals surface area (Å²) in [6.07, 6.45) is -23.5. The zero-order valence-corrected chi connectivity index (χ0v) is 26.7. The molecule has 0 heterocycles. The molecule has 0 saturated carbocycles. The van der Waals surface area contributed by atoms with E-state index < -0.39 is 142 Å². The molecule has 0 fully saturated rings. The summed E-state index contributed by atoms with van der Waals surface area (Å²) in [6.45, 7) is 0. The summed E-state index contributed by atoms with van der Waals surface area (Å²) in [5.41, 5.74) is -27.4. The minimum Gasteiger partial charge on any atom is -0.206 e. The van der Waals surface area contributed by atoms with Gasteiger partial charge in [-0.15, -0.1) is 0 Å². The minimum absolute atomic E-state index is 0.264. The third kappa shape index (κ3) is 6.35. The first-order valence-corrected chi connectivity index (χ1v) is 14.6. The van der Waals surface area contributed by atoms with Crippen molar-refractivity contribution in [3.63, 3.8) is 0 Å². The molecule has 0 amide bonds. The normalized spacial score (nSPS) is 13.9. The second-order valence-corrected chi connectivity index (χ2v) is 11.5. The van der Waals surface area contributed by atoms with Gasteiger partial charge in [0.2, 0.25) is 0 Å². The molecule has 0 bridgehead atoms. The van der Waals surface area contributed by atoms with E-state index in [2.05, 4.69) is 0 Å². The van der Waals surface area contributed by atoms with Crippen molar-refractivity contribution in [2.45, 2.75) is 24.7 Å². The van der Waals surface area contributed by atoms with Gasteiger partial charge < -0.3 is 0 Å². The maximum atomic E-state index is 17.2. The van der Waals surface area contributed by atoms with Crippen LogP contribution >= 0.6 is 0 Å². The fourth-order valence-electron chi connectivity index (χ4n) is 6.25. The molecule has 57 heavy (non-hydrogen) atoms. The van der Waals surface area contributed by atoms with E-state index in [4.69, 9.17) is 0 Å². The molecule has 0 aromatic heterocycles. The lowest BCUT2D eigenvalue weighted by atomic mass is 9.87. The Kier molecular flexibility index (Phi) is 9.54. The third-order valence-electron chi connectivity index (χ3n) is 8.42. The quantitative estimate of drug-likeness (QED) is 0.186. The molecule has 6 nitrogen and oxygen atoms in total. The molecule has 3 aromatic rings. The minimum atomic E-state index is -5.88. The molecule has 0 aliphatic heterocycles. The van der Waals surface area contributed by atoms with Crippen LogP contribution in [0.15, 0.2) is 41.5 Å². The summed E-state index contributed by atoms with van der Waals surface area (Å²) in [4.78, 5) is 0. The van der Waals surface area contributed by atoms with Crippen molar-refractivity contribution in [1.82, 2.24) is 0 Å². The maximum Gasteiger partial charge on any atom is 0.419 e. The second-order valence-electron chi connectivity index (χ2n) is 11.5. The highest BCUT2D eigenvalue weighted by Crippen LogP contribution is 2.57. The summed E-state index contributed by atoms with van der Waals surface area (Å²) >= 11 is 0. The SMILES string of the molecule is N#CC(C#N)=C1C(c2cc(C(F)(F)F)c(F)c(C(F)(F)F)c2)=C(C#N)c2cc3c(c(F)c21)C(=C(C#N)C#N)C(c1cc(C(F)(F)F)c(F)c(C(F)(F)F)c1)=C3C#N. The van der Waals surface area contributed by atoms with Gasteiger partial charge in [0.25, 0.3) is 0 Å². The van der Waals surface area contributed by atoms with E-state index in [1.165, 1.54) is 36.4 Å². The Balaban J connectivity index is 2.04. The summed E-state index contributed by atoms with van der Waals surface area (Å²) in [5.74, 6) is -7.66. The Bertz CT molecular complexity index is 2480. The van der Waals surface area contributed by atoms with Crippen LogP contribution in [0.4, 0.5) is 65.9 Å². The van der Waals surface area contributed by atoms with E-state index >= 15 is 4.39 Å². The van der Waals surface area contributed by atoms with Crippen LogP contribution in [-0.4, -0.2) is 0 Å². The first-order valence-electron chi connectivity index (χ1n) is 14.6. The van der Waals surface area contributed by atoms with Gasteiger partial charge in [0.15, 0.2) is 0 Å². The zero-order valence-electron chi connectivity index (χ0n) is 26.7. The topological polar surface area (TPSA) is 143 Å². The van der Waals surface area contributed by atoms with Crippen LogP contribution in [0.1, 0.15) is 55.6 Å². The lowest BCUT2D eigenvalue weighted by molar-refractivity contribution is -0.149. The molecule has 0 unspecified atom stereocenters. The number of allylic oxidation sites excluding steroid dienone is 8. The van der Waals surface area contributed by atoms with E-state index in [1.807, 2.05) is 0 Å². The molecule has 0 saturated heterocycles. The number of nitrogens with zero attached hydrogens (tertiary/aromatic N) is 6. The summed E-state index contributed by atoms with van der Waals surface area (Å²) < 4.78 is 213. The zero-order chi connectivity index (χ0) is 42.9. The van der Waals surface area contributed by atoms with E-state index in [9.17, 15) is 93.0 Å². The predicted molar refractivity (Wildman–Crippen MR) is 160 cm³/mol. The summed E-state index contributed by atoms with van der Waals surface area (Å²) in [6, 6.07) is 6.90. The summed E-state index contributed by atoms with van der Waals surface area (Å²) in [5, 5.41) is 59.5. The highest BCUT2D eigenvalue weighted by molar-refractivity contribution is 6.30. The summed E-state index contributed by atoms with van der Waals surface area (Å²) in [7, 11) is 0. The second kappa shape index (κ2) is 13.4. The average molecular weight is 806 g/mol. The van der Waals surface area contributed by atoms with Gasteiger partial charge in [0, 0.05) is 44.5 Å². The Morgan fingerprint density at radius 3 is 0.877 bits per heavy atom. The molecular weight excluding hydrogens is 801 g/mol. The standard InChI is InChI=1S/C36H5F15N6/c37-30-20(33(40,41)42)1-12(2-21(30)34(43,44)45)24-18(10-56)16-5-17-19(11-57)25(13-3-22(35(46,47)48)31(38)23(4-13)36(49,50)51)27(15(8-54)9-55)29(17)32(39)28(16)26(24)14(6-52)7-53/h1-5H. The van der Waals surface area contributed by atoms with E-state index in [0.717, 1.165) is 0 Å². The number of fused-ring (bicyclic) bond motifs is 2.